The molecule has 0 atom stereocenters. The lowest BCUT2D eigenvalue weighted by Crippen LogP contribution is -2.20. The normalized spacial score (nSPS) is 12.8. The van der Waals surface area contributed by atoms with Crippen molar-refractivity contribution >= 4 is 28.1 Å². The Morgan fingerprint density at radius 2 is 1.88 bits per heavy atom. The molecular formula is C13H9BrF6N4O. The number of aromatic nitrogens is 2. The van der Waals surface area contributed by atoms with Gasteiger partial charge < -0.3 is 10.5 Å². The van der Waals surface area contributed by atoms with Gasteiger partial charge in [0.25, 0.3) is 0 Å². The molecule has 1 heterocycles. The lowest BCUT2D eigenvalue weighted by atomic mass is 10.1. The molecule has 5 nitrogen and oxygen atoms in total. The molecule has 0 radical (unpaired) electrons. The van der Waals surface area contributed by atoms with Crippen molar-refractivity contribution in [2.45, 2.75) is 19.5 Å². The summed E-state index contributed by atoms with van der Waals surface area (Å²) < 4.78 is 80.3. The van der Waals surface area contributed by atoms with E-state index in [0.29, 0.717) is 11.8 Å². The molecule has 0 amide bonds. The van der Waals surface area contributed by atoms with Crippen LogP contribution in [0, 0.1) is 6.92 Å². The van der Waals surface area contributed by atoms with Gasteiger partial charge in [-0.1, -0.05) is 0 Å². The van der Waals surface area contributed by atoms with Crippen LogP contribution in [0.25, 0.3) is 0 Å². The van der Waals surface area contributed by atoms with Crippen LogP contribution < -0.4 is 10.5 Å². The first-order chi connectivity index (χ1) is 11.4. The summed E-state index contributed by atoms with van der Waals surface area (Å²) in [5.41, 5.74) is 4.33. The number of nitrogen functional groups attached to an aromatic ring is 1. The van der Waals surface area contributed by atoms with Crippen LogP contribution in [0.2, 0.25) is 0 Å². The van der Waals surface area contributed by atoms with E-state index in [1.165, 1.54) is 6.20 Å². The first-order valence-corrected chi connectivity index (χ1v) is 7.18. The van der Waals surface area contributed by atoms with Crippen molar-refractivity contribution < 1.29 is 31.1 Å². The maximum absolute atomic E-state index is 13.1. The highest BCUT2D eigenvalue weighted by molar-refractivity contribution is 9.10. The number of benzene rings is 1. The van der Waals surface area contributed by atoms with E-state index in [-0.39, 0.29) is 11.5 Å². The van der Waals surface area contributed by atoms with Gasteiger partial charge in [-0.2, -0.15) is 18.3 Å². The highest BCUT2D eigenvalue weighted by Gasteiger charge is 2.40. The van der Waals surface area contributed by atoms with Crippen molar-refractivity contribution in [2.24, 2.45) is 5.10 Å². The third-order valence-electron chi connectivity index (χ3n) is 2.76. The number of hydrogen-bond donors (Lipinski definition) is 1. The molecule has 0 spiro atoms. The molecule has 0 aliphatic rings. The lowest BCUT2D eigenvalue weighted by molar-refractivity contribution is -0.276. The number of ether oxygens (including phenoxy) is 1. The van der Waals surface area contributed by atoms with Gasteiger partial charge in [0.2, 0.25) is 5.95 Å². The SMILES string of the molecule is Cc1cn(N=Cc2cc(Br)c(OC(F)(F)F)c(C(F)(F)F)c2)c(N)n1. The van der Waals surface area contributed by atoms with Gasteiger partial charge in [0.15, 0.2) is 5.75 Å². The number of anilines is 1. The van der Waals surface area contributed by atoms with Crippen LogP contribution in [-0.2, 0) is 6.18 Å². The number of nitrogens with zero attached hydrogens (tertiary/aromatic N) is 3. The topological polar surface area (TPSA) is 65.4 Å². The molecule has 2 rings (SSSR count). The molecule has 0 fully saturated rings. The van der Waals surface area contributed by atoms with Crippen molar-refractivity contribution in [2.75, 3.05) is 5.73 Å². The van der Waals surface area contributed by atoms with E-state index in [9.17, 15) is 26.3 Å². The fraction of sp³-hybridized carbons (Fsp3) is 0.231. The fourth-order valence-corrected chi connectivity index (χ4v) is 2.40. The molecule has 0 aliphatic heterocycles. The van der Waals surface area contributed by atoms with E-state index in [1.54, 1.807) is 6.92 Å². The molecule has 136 valence electrons. The molecular weight excluding hydrogens is 422 g/mol. The third kappa shape index (κ3) is 4.87. The van der Waals surface area contributed by atoms with Crippen LogP contribution in [0.4, 0.5) is 32.3 Å². The number of nitrogens with two attached hydrogens (primary N) is 1. The van der Waals surface area contributed by atoms with Crippen molar-refractivity contribution in [3.05, 3.63) is 39.6 Å². The number of halogens is 7. The Balaban J connectivity index is 2.48. The zero-order valence-corrected chi connectivity index (χ0v) is 13.9. The average molecular weight is 431 g/mol. The second-order valence-electron chi connectivity index (χ2n) is 4.75. The molecule has 25 heavy (non-hydrogen) atoms. The molecule has 1 aromatic carbocycles. The zero-order valence-electron chi connectivity index (χ0n) is 12.3. The predicted molar refractivity (Wildman–Crippen MR) is 80.2 cm³/mol. The van der Waals surface area contributed by atoms with E-state index in [4.69, 9.17) is 5.73 Å². The summed E-state index contributed by atoms with van der Waals surface area (Å²) >= 11 is 2.66. The van der Waals surface area contributed by atoms with Gasteiger partial charge in [-0.25, -0.2) is 9.66 Å². The molecule has 1 aromatic heterocycles. The Bertz CT molecular complexity index is 812. The quantitative estimate of drug-likeness (QED) is 0.581. The van der Waals surface area contributed by atoms with Crippen molar-refractivity contribution in [3.63, 3.8) is 0 Å². The Morgan fingerprint density at radius 1 is 1.24 bits per heavy atom. The summed E-state index contributed by atoms with van der Waals surface area (Å²) in [5.74, 6) is -1.38. The number of hydrogen-bond acceptors (Lipinski definition) is 4. The second-order valence-corrected chi connectivity index (χ2v) is 5.61. The number of rotatable bonds is 3. The minimum Gasteiger partial charge on any atom is -0.404 e. The van der Waals surface area contributed by atoms with E-state index in [1.807, 2.05) is 0 Å². The first-order valence-electron chi connectivity index (χ1n) is 6.39. The highest BCUT2D eigenvalue weighted by atomic mass is 79.9. The van der Waals surface area contributed by atoms with Gasteiger partial charge in [-0.3, -0.25) is 0 Å². The summed E-state index contributed by atoms with van der Waals surface area (Å²) in [6, 6.07) is 1.48. The van der Waals surface area contributed by atoms with Gasteiger partial charge in [-0.15, -0.1) is 13.2 Å². The minimum absolute atomic E-state index is 0.000820. The Hall–Kier alpha value is -2.24. The fourth-order valence-electron chi connectivity index (χ4n) is 1.84. The van der Waals surface area contributed by atoms with Gasteiger partial charge in [0.05, 0.1) is 28.1 Å². The van der Waals surface area contributed by atoms with Crippen LogP contribution in [0.5, 0.6) is 5.75 Å². The molecule has 2 aromatic rings. The molecule has 12 heteroatoms. The first kappa shape index (κ1) is 19.1. The smallest absolute Gasteiger partial charge is 0.404 e. The number of aryl methyl sites for hydroxylation is 1. The van der Waals surface area contributed by atoms with E-state index >= 15 is 0 Å². The lowest BCUT2D eigenvalue weighted by Gasteiger charge is -2.17. The van der Waals surface area contributed by atoms with Gasteiger partial charge >= 0.3 is 12.5 Å². The minimum atomic E-state index is -5.28. The molecule has 0 saturated heterocycles. The number of imidazole rings is 1. The van der Waals surface area contributed by atoms with Crippen molar-refractivity contribution in [3.8, 4) is 5.75 Å². The molecule has 0 unspecified atom stereocenters. The molecule has 0 saturated carbocycles. The van der Waals surface area contributed by atoms with Gasteiger partial charge in [0.1, 0.15) is 0 Å². The standard InChI is InChI=1S/C13H9BrF6N4O/c1-6-5-24(11(21)23-6)22-4-7-2-8(12(15,16)17)10(9(14)3-7)25-13(18,19)20/h2-5H,1H3,(H2,21,23). The van der Waals surface area contributed by atoms with Gasteiger partial charge in [0, 0.05) is 0 Å². The van der Waals surface area contributed by atoms with Crippen LogP contribution in [0.3, 0.4) is 0 Å². The zero-order chi connectivity index (χ0) is 19.0. The largest absolute Gasteiger partial charge is 0.573 e. The second kappa shape index (κ2) is 6.58. The van der Waals surface area contributed by atoms with Crippen molar-refractivity contribution in [1.29, 1.82) is 0 Å². The van der Waals surface area contributed by atoms with Crippen LogP contribution in [-0.4, -0.2) is 22.2 Å². The highest BCUT2D eigenvalue weighted by Crippen LogP contribution is 2.43. The summed E-state index contributed by atoms with van der Waals surface area (Å²) in [4.78, 5) is 3.84. The predicted octanol–water partition coefficient (Wildman–Crippen LogP) is 4.34. The van der Waals surface area contributed by atoms with E-state index in [2.05, 4.69) is 30.8 Å². The Labute approximate surface area is 145 Å². The van der Waals surface area contributed by atoms with Gasteiger partial charge in [-0.05, 0) is 40.5 Å². The summed E-state index contributed by atoms with van der Waals surface area (Å²) in [6.45, 7) is 1.63. The monoisotopic (exact) mass is 430 g/mol. The summed E-state index contributed by atoms with van der Waals surface area (Å²) in [7, 11) is 0. The third-order valence-corrected chi connectivity index (χ3v) is 3.34. The Kier molecular flexibility index (Phi) is 5.02. The maximum Gasteiger partial charge on any atom is 0.573 e. The molecule has 2 N–H and O–H groups in total. The maximum atomic E-state index is 13.1. The van der Waals surface area contributed by atoms with Crippen LogP contribution in [0.15, 0.2) is 27.9 Å². The van der Waals surface area contributed by atoms with Crippen molar-refractivity contribution in [1.82, 2.24) is 9.66 Å². The Morgan fingerprint density at radius 3 is 2.36 bits per heavy atom. The molecule has 0 bridgehead atoms. The average Bonchev–Trinajstić information content (AvgIpc) is 2.74. The summed E-state index contributed by atoms with van der Waals surface area (Å²) in [5, 5.41) is 3.82. The van der Waals surface area contributed by atoms with Crippen LogP contribution in [0.1, 0.15) is 16.8 Å². The number of alkyl halides is 6. The molecule has 0 aliphatic carbocycles. The van der Waals surface area contributed by atoms with E-state index in [0.717, 1.165) is 17.0 Å². The van der Waals surface area contributed by atoms with E-state index < -0.39 is 28.3 Å². The van der Waals surface area contributed by atoms with Crippen LogP contribution >= 0.6 is 15.9 Å². The summed E-state index contributed by atoms with van der Waals surface area (Å²) in [6.07, 6.45) is -7.93.